The summed E-state index contributed by atoms with van der Waals surface area (Å²) in [6, 6.07) is 0. The van der Waals surface area contributed by atoms with Gasteiger partial charge in [0.15, 0.2) is 0 Å². The van der Waals surface area contributed by atoms with Gasteiger partial charge in [-0.05, 0) is 19.4 Å². The number of aliphatic imine (C=N–C) groups is 1. The standard InChI is InChI=1S/C9H11F2N3.C3H8.C2H6/c1-5-4-14(11)8(6(5)2)9(10)13-7(3)12;1-3-2;1-2/h4H,2H2,1,3H3,(H2,12,13);3H2,1-2H3;1-2H3/b9-8+;;. The Kier molecular flexibility index (Phi) is 10.7. The Morgan fingerprint density at radius 2 is 1.84 bits per heavy atom. The molecule has 1 heterocycles. The van der Waals surface area contributed by atoms with Crippen LogP contribution in [0.2, 0.25) is 0 Å². The Labute approximate surface area is 114 Å². The van der Waals surface area contributed by atoms with Crippen molar-refractivity contribution in [1.29, 1.82) is 0 Å². The van der Waals surface area contributed by atoms with E-state index in [0.717, 1.165) is 6.20 Å². The highest BCUT2D eigenvalue weighted by molar-refractivity contribution is 5.80. The first-order chi connectivity index (χ1) is 8.84. The minimum Gasteiger partial charge on any atom is -0.387 e. The van der Waals surface area contributed by atoms with Crippen LogP contribution in [0.15, 0.2) is 11.2 Å². The maximum absolute atomic E-state index is 13.3. The SMILES string of the molecule is C=c1c(C)cn(F)/c1=C(F)/N=C(\C)N.CC.CCC. The van der Waals surface area contributed by atoms with Crippen molar-refractivity contribution in [2.45, 2.75) is 48.0 Å². The Hall–Kier alpha value is -1.65. The van der Waals surface area contributed by atoms with Gasteiger partial charge >= 0.3 is 0 Å². The molecule has 0 fully saturated rings. The molecule has 0 aromatic carbocycles. The molecule has 1 rings (SSSR count). The summed E-state index contributed by atoms with van der Waals surface area (Å²) in [5.41, 5.74) is 5.73. The van der Waals surface area contributed by atoms with Crippen LogP contribution in [-0.2, 0) is 0 Å². The van der Waals surface area contributed by atoms with Crippen molar-refractivity contribution in [1.82, 2.24) is 4.79 Å². The van der Waals surface area contributed by atoms with Gasteiger partial charge in [-0.3, -0.25) is 0 Å². The van der Waals surface area contributed by atoms with Crippen molar-refractivity contribution < 1.29 is 8.87 Å². The van der Waals surface area contributed by atoms with Crippen LogP contribution in [0.5, 0.6) is 0 Å². The van der Waals surface area contributed by atoms with Crippen LogP contribution in [0.3, 0.4) is 0 Å². The van der Waals surface area contributed by atoms with Crippen LogP contribution < -0.4 is 16.3 Å². The van der Waals surface area contributed by atoms with Gasteiger partial charge in [0.1, 0.15) is 5.35 Å². The molecule has 0 saturated carbocycles. The van der Waals surface area contributed by atoms with Crippen molar-refractivity contribution in [2.75, 3.05) is 0 Å². The summed E-state index contributed by atoms with van der Waals surface area (Å²) in [7, 11) is 0. The second-order valence-electron chi connectivity index (χ2n) is 3.70. The van der Waals surface area contributed by atoms with Gasteiger partial charge in [-0.25, -0.2) is 4.99 Å². The largest absolute Gasteiger partial charge is 0.387 e. The number of rotatable bonds is 1. The van der Waals surface area contributed by atoms with Gasteiger partial charge in [0, 0.05) is 11.4 Å². The molecule has 2 N–H and O–H groups in total. The topological polar surface area (TPSA) is 43.3 Å². The molecule has 0 saturated heterocycles. The van der Waals surface area contributed by atoms with Crippen molar-refractivity contribution in [3.05, 3.63) is 22.3 Å². The van der Waals surface area contributed by atoms with Crippen molar-refractivity contribution in [3.8, 4) is 0 Å². The van der Waals surface area contributed by atoms with E-state index >= 15 is 0 Å². The van der Waals surface area contributed by atoms with Crippen LogP contribution in [0.25, 0.3) is 12.5 Å². The zero-order valence-corrected chi connectivity index (χ0v) is 12.7. The second kappa shape index (κ2) is 10.3. The number of aryl methyl sites for hydroxylation is 1. The second-order valence-corrected chi connectivity index (χ2v) is 3.70. The number of hydrogen-bond acceptors (Lipinski definition) is 1. The van der Waals surface area contributed by atoms with Gasteiger partial charge in [-0.15, -0.1) is 0 Å². The first kappa shape index (κ1) is 19.7. The number of hydrogen-bond donors (Lipinski definition) is 1. The van der Waals surface area contributed by atoms with Crippen LogP contribution >= 0.6 is 0 Å². The molecular weight excluding hydrogens is 248 g/mol. The monoisotopic (exact) mass is 273 g/mol. The van der Waals surface area contributed by atoms with Crippen LogP contribution in [0, 0.1) is 6.92 Å². The Bertz CT molecular complexity index is 497. The number of nitrogens with two attached hydrogens (primary N) is 1. The molecule has 5 heteroatoms. The zero-order chi connectivity index (χ0) is 15.6. The molecule has 1 aromatic heterocycles. The number of halogens is 2. The molecule has 1 aromatic rings. The lowest BCUT2D eigenvalue weighted by Crippen LogP contribution is -2.28. The molecule has 3 nitrogen and oxygen atoms in total. The van der Waals surface area contributed by atoms with Crippen LogP contribution in [0.4, 0.5) is 8.87 Å². The van der Waals surface area contributed by atoms with Crippen LogP contribution in [-0.4, -0.2) is 10.6 Å². The predicted molar refractivity (Wildman–Crippen MR) is 79.6 cm³/mol. The predicted octanol–water partition coefficient (Wildman–Crippen LogP) is 2.79. The number of nitrogens with zero attached hydrogens (tertiary/aromatic N) is 2. The third-order valence-electron chi connectivity index (χ3n) is 1.75. The van der Waals surface area contributed by atoms with Crippen molar-refractivity contribution in [3.63, 3.8) is 0 Å². The van der Waals surface area contributed by atoms with Gasteiger partial charge in [-0.2, -0.15) is 9.18 Å². The average Bonchev–Trinajstić information content (AvgIpc) is 2.56. The molecule has 0 radical (unpaired) electrons. The zero-order valence-electron chi connectivity index (χ0n) is 12.7. The molecule has 0 atom stereocenters. The fourth-order valence-electron chi connectivity index (χ4n) is 1.05. The highest BCUT2D eigenvalue weighted by atomic mass is 19.2. The van der Waals surface area contributed by atoms with Gasteiger partial charge in [0.2, 0.25) is 5.95 Å². The maximum Gasteiger partial charge on any atom is 0.241 e. The average molecular weight is 273 g/mol. The number of aromatic nitrogens is 1. The van der Waals surface area contributed by atoms with Crippen LogP contribution in [0.1, 0.15) is 46.6 Å². The summed E-state index contributed by atoms with van der Waals surface area (Å²) < 4.78 is 26.3. The van der Waals surface area contributed by atoms with Gasteiger partial charge in [0.05, 0.1) is 5.84 Å². The summed E-state index contributed by atoms with van der Waals surface area (Å²) in [5.74, 6) is -0.939. The molecule has 19 heavy (non-hydrogen) atoms. The lowest BCUT2D eigenvalue weighted by atomic mass is 10.3. The fraction of sp³-hybridized carbons (Fsp3) is 0.500. The highest BCUT2D eigenvalue weighted by Gasteiger charge is 2.04. The van der Waals surface area contributed by atoms with E-state index in [2.05, 4.69) is 25.4 Å². The van der Waals surface area contributed by atoms with E-state index in [4.69, 9.17) is 5.73 Å². The summed E-state index contributed by atoms with van der Waals surface area (Å²) in [5, 5.41) is -0.0118. The molecule has 110 valence electrons. The molecule has 0 bridgehead atoms. The summed E-state index contributed by atoms with van der Waals surface area (Å²) in [6.07, 6.45) is 2.39. The summed E-state index contributed by atoms with van der Waals surface area (Å²) >= 11 is 0. The molecule has 0 unspecified atom stereocenters. The van der Waals surface area contributed by atoms with Gasteiger partial charge < -0.3 is 5.73 Å². The molecule has 0 spiro atoms. The molecule has 0 amide bonds. The van der Waals surface area contributed by atoms with E-state index < -0.39 is 5.95 Å². The van der Waals surface area contributed by atoms with Crippen molar-refractivity contribution >= 4 is 18.4 Å². The number of amidine groups is 1. The van der Waals surface area contributed by atoms with E-state index in [9.17, 15) is 8.87 Å². The Morgan fingerprint density at radius 1 is 1.42 bits per heavy atom. The van der Waals surface area contributed by atoms with E-state index in [1.807, 2.05) is 13.8 Å². The normalized spacial score (nSPS) is 11.9. The molecular formula is C14H25F2N3. The van der Waals surface area contributed by atoms with E-state index in [0.29, 0.717) is 5.56 Å². The van der Waals surface area contributed by atoms with E-state index in [-0.39, 0.29) is 21.2 Å². The Balaban J connectivity index is 0. The van der Waals surface area contributed by atoms with Gasteiger partial charge in [-0.1, -0.05) is 45.2 Å². The maximum atomic E-state index is 13.3. The summed E-state index contributed by atoms with van der Waals surface area (Å²) in [4.78, 5) is 3.48. The molecule has 0 aliphatic rings. The van der Waals surface area contributed by atoms with E-state index in [1.165, 1.54) is 13.3 Å². The van der Waals surface area contributed by atoms with Gasteiger partial charge in [0.25, 0.3) is 0 Å². The summed E-state index contributed by atoms with van der Waals surface area (Å²) in [6.45, 7) is 14.8. The Morgan fingerprint density at radius 3 is 2.11 bits per heavy atom. The molecule has 0 aliphatic heterocycles. The third kappa shape index (κ3) is 6.74. The smallest absolute Gasteiger partial charge is 0.241 e. The first-order valence-corrected chi connectivity index (χ1v) is 6.38. The minimum atomic E-state index is -0.967. The lowest BCUT2D eigenvalue weighted by Gasteiger charge is -1.90. The minimum absolute atomic E-state index is 0.0285. The fourth-order valence-corrected chi connectivity index (χ4v) is 1.05. The van der Waals surface area contributed by atoms with E-state index in [1.54, 1.807) is 6.92 Å². The third-order valence-corrected chi connectivity index (χ3v) is 1.75. The quantitative estimate of drug-likeness (QED) is 0.477. The van der Waals surface area contributed by atoms with Crippen molar-refractivity contribution in [2.24, 2.45) is 10.7 Å². The molecule has 0 aliphatic carbocycles. The highest BCUT2D eigenvalue weighted by Crippen LogP contribution is 1.97. The lowest BCUT2D eigenvalue weighted by molar-refractivity contribution is 0.355. The first-order valence-electron chi connectivity index (χ1n) is 6.38.